The molecule has 2 amide bonds. The lowest BCUT2D eigenvalue weighted by Gasteiger charge is -2.23. The van der Waals surface area contributed by atoms with Gasteiger partial charge < -0.3 is 19.6 Å². The molecule has 1 unspecified atom stereocenters. The molecule has 1 fully saturated rings. The van der Waals surface area contributed by atoms with Gasteiger partial charge in [-0.1, -0.05) is 26.0 Å². The maximum absolute atomic E-state index is 12.7. The molecular formula is C19H26N2O5. The average Bonchev–Trinajstić information content (AvgIpc) is 2.99. The number of aliphatic carboxylic acids is 1. The molecule has 0 aliphatic carbocycles. The van der Waals surface area contributed by atoms with Crippen LogP contribution in [-0.4, -0.2) is 61.1 Å². The predicted octanol–water partition coefficient (Wildman–Crippen LogP) is 1.72. The summed E-state index contributed by atoms with van der Waals surface area (Å²) in [5.74, 6) is -2.27. The highest BCUT2D eigenvalue weighted by Gasteiger charge is 2.40. The van der Waals surface area contributed by atoms with Gasteiger partial charge in [-0.3, -0.25) is 14.4 Å². The second-order valence-corrected chi connectivity index (χ2v) is 6.72. The number of anilines is 1. The van der Waals surface area contributed by atoms with Gasteiger partial charge in [-0.05, 0) is 30.0 Å². The molecule has 1 saturated heterocycles. The summed E-state index contributed by atoms with van der Waals surface area (Å²) in [6.07, 6.45) is 0.382. The number of amides is 2. The molecule has 1 heterocycles. The maximum atomic E-state index is 12.7. The number of benzene rings is 1. The number of rotatable bonds is 8. The number of methoxy groups -OCH3 is 1. The summed E-state index contributed by atoms with van der Waals surface area (Å²) in [4.78, 5) is 39.2. The molecule has 7 heteroatoms. The zero-order valence-electron chi connectivity index (χ0n) is 15.5. The van der Waals surface area contributed by atoms with E-state index in [4.69, 9.17) is 9.84 Å². The maximum Gasteiger partial charge on any atom is 0.323 e. The van der Waals surface area contributed by atoms with E-state index in [9.17, 15) is 14.4 Å². The zero-order valence-corrected chi connectivity index (χ0v) is 15.5. The molecule has 1 atom stereocenters. The van der Waals surface area contributed by atoms with Gasteiger partial charge in [0, 0.05) is 25.9 Å². The molecule has 1 aromatic rings. The summed E-state index contributed by atoms with van der Waals surface area (Å²) in [7, 11) is 1.48. The summed E-state index contributed by atoms with van der Waals surface area (Å²) in [5, 5.41) is 9.01. The molecular weight excluding hydrogens is 336 g/mol. The lowest BCUT2D eigenvalue weighted by molar-refractivity contribution is -0.148. The summed E-state index contributed by atoms with van der Waals surface area (Å²) < 4.78 is 4.93. The first-order valence-electron chi connectivity index (χ1n) is 8.76. The van der Waals surface area contributed by atoms with Gasteiger partial charge in [-0.2, -0.15) is 0 Å². The van der Waals surface area contributed by atoms with E-state index in [1.165, 1.54) is 17.6 Å². The van der Waals surface area contributed by atoms with Crippen LogP contribution in [0.25, 0.3) is 0 Å². The first kappa shape index (κ1) is 19.9. The minimum Gasteiger partial charge on any atom is -0.480 e. The Kier molecular flexibility index (Phi) is 6.74. The number of ether oxygens (including phenoxy) is 1. The van der Waals surface area contributed by atoms with Crippen molar-refractivity contribution in [3.63, 3.8) is 0 Å². The third-order valence-electron chi connectivity index (χ3n) is 4.58. The van der Waals surface area contributed by atoms with Crippen LogP contribution in [0.2, 0.25) is 0 Å². The van der Waals surface area contributed by atoms with E-state index in [1.54, 1.807) is 4.90 Å². The van der Waals surface area contributed by atoms with Crippen molar-refractivity contribution in [3.05, 3.63) is 29.8 Å². The summed E-state index contributed by atoms with van der Waals surface area (Å²) in [6, 6.07) is 7.75. The molecule has 2 rings (SSSR count). The smallest absolute Gasteiger partial charge is 0.323 e. The van der Waals surface area contributed by atoms with Crippen LogP contribution in [0, 0.1) is 5.92 Å². The summed E-state index contributed by atoms with van der Waals surface area (Å²) in [5.41, 5.74) is 1.94. The van der Waals surface area contributed by atoms with Crippen LogP contribution in [0.5, 0.6) is 0 Å². The van der Waals surface area contributed by atoms with Crippen molar-refractivity contribution in [3.8, 4) is 0 Å². The number of nitrogens with zero attached hydrogens (tertiary/aromatic N) is 2. The van der Waals surface area contributed by atoms with Crippen molar-refractivity contribution < 1.29 is 24.2 Å². The van der Waals surface area contributed by atoms with E-state index in [0.717, 1.165) is 5.69 Å². The second-order valence-electron chi connectivity index (χ2n) is 6.72. The highest BCUT2D eigenvalue weighted by atomic mass is 16.5. The molecule has 0 bridgehead atoms. The lowest BCUT2D eigenvalue weighted by atomic mass is 10.0. The summed E-state index contributed by atoms with van der Waals surface area (Å²) in [6.45, 7) is 4.58. The Bertz CT molecular complexity index is 656. The Labute approximate surface area is 153 Å². The molecule has 0 radical (unpaired) electrons. The largest absolute Gasteiger partial charge is 0.480 e. The van der Waals surface area contributed by atoms with Crippen molar-refractivity contribution in [2.45, 2.75) is 26.2 Å². The van der Waals surface area contributed by atoms with Gasteiger partial charge in [0.15, 0.2) is 0 Å². The fraction of sp³-hybridized carbons (Fsp3) is 0.526. The molecule has 1 aliphatic heterocycles. The third kappa shape index (κ3) is 4.60. The van der Waals surface area contributed by atoms with Gasteiger partial charge in [0.1, 0.15) is 12.5 Å². The normalized spacial score (nSPS) is 17.0. The van der Waals surface area contributed by atoms with Crippen LogP contribution in [0.1, 0.15) is 31.7 Å². The van der Waals surface area contributed by atoms with Gasteiger partial charge in [0.05, 0.1) is 6.61 Å². The average molecular weight is 362 g/mol. The number of carbonyl (C=O) groups is 3. The number of carboxylic acids is 1. The van der Waals surface area contributed by atoms with Gasteiger partial charge in [0.2, 0.25) is 11.8 Å². The fourth-order valence-electron chi connectivity index (χ4n) is 3.06. The highest BCUT2D eigenvalue weighted by molar-refractivity contribution is 6.10. The Morgan fingerprint density at radius 2 is 1.96 bits per heavy atom. The second kappa shape index (κ2) is 8.80. The van der Waals surface area contributed by atoms with E-state index >= 15 is 0 Å². The first-order valence-corrected chi connectivity index (χ1v) is 8.76. The minimum absolute atomic E-state index is 0.147. The van der Waals surface area contributed by atoms with E-state index < -0.39 is 24.3 Å². The Hall–Kier alpha value is -2.41. The van der Waals surface area contributed by atoms with E-state index in [2.05, 4.69) is 13.8 Å². The van der Waals surface area contributed by atoms with Crippen LogP contribution >= 0.6 is 0 Å². The monoisotopic (exact) mass is 362 g/mol. The number of hydrogen-bond donors (Lipinski definition) is 1. The Balaban J connectivity index is 2.10. The van der Waals surface area contributed by atoms with Crippen molar-refractivity contribution in [1.29, 1.82) is 0 Å². The van der Waals surface area contributed by atoms with Crippen molar-refractivity contribution in [2.75, 3.05) is 38.3 Å². The number of hydrogen-bond acceptors (Lipinski definition) is 4. The topological polar surface area (TPSA) is 87.2 Å². The van der Waals surface area contributed by atoms with Gasteiger partial charge in [-0.25, -0.2) is 0 Å². The minimum atomic E-state index is -1.11. The molecule has 0 aromatic heterocycles. The molecule has 0 saturated carbocycles. The Morgan fingerprint density at radius 3 is 2.50 bits per heavy atom. The predicted molar refractivity (Wildman–Crippen MR) is 97.1 cm³/mol. The van der Waals surface area contributed by atoms with Crippen LogP contribution in [0.15, 0.2) is 24.3 Å². The quantitative estimate of drug-likeness (QED) is 0.712. The SMILES string of the molecule is COCCN(CC(=O)O)C(=O)C1CCN(c2ccc(C(C)C)cc2)C1=O. The van der Waals surface area contributed by atoms with Crippen LogP contribution in [-0.2, 0) is 19.1 Å². The van der Waals surface area contributed by atoms with Crippen LogP contribution in [0.4, 0.5) is 5.69 Å². The molecule has 1 aromatic carbocycles. The van der Waals surface area contributed by atoms with Gasteiger partial charge in [0.25, 0.3) is 0 Å². The molecule has 26 heavy (non-hydrogen) atoms. The number of carbonyl (C=O) groups excluding carboxylic acids is 2. The standard InChI is InChI=1S/C19H26N2O5/c1-13(2)14-4-6-15(7-5-14)21-9-8-16(19(21)25)18(24)20(10-11-26-3)12-17(22)23/h4-7,13,16H,8-12H2,1-3H3,(H,22,23). The highest BCUT2D eigenvalue weighted by Crippen LogP contribution is 2.28. The molecule has 1 N–H and O–H groups in total. The molecule has 142 valence electrons. The lowest BCUT2D eigenvalue weighted by Crippen LogP contribution is -2.44. The summed E-state index contributed by atoms with van der Waals surface area (Å²) >= 11 is 0. The van der Waals surface area contributed by atoms with Crippen LogP contribution in [0.3, 0.4) is 0 Å². The molecule has 0 spiro atoms. The number of carboxylic acid groups (broad SMARTS) is 1. The fourth-order valence-corrected chi connectivity index (χ4v) is 3.06. The third-order valence-corrected chi connectivity index (χ3v) is 4.58. The van der Waals surface area contributed by atoms with Crippen molar-refractivity contribution >= 4 is 23.5 Å². The van der Waals surface area contributed by atoms with Crippen molar-refractivity contribution in [1.82, 2.24) is 4.90 Å². The van der Waals surface area contributed by atoms with Crippen LogP contribution < -0.4 is 4.90 Å². The van der Waals surface area contributed by atoms with Gasteiger partial charge in [-0.15, -0.1) is 0 Å². The Morgan fingerprint density at radius 1 is 1.31 bits per heavy atom. The van der Waals surface area contributed by atoms with E-state index in [-0.39, 0.29) is 19.1 Å². The van der Waals surface area contributed by atoms with E-state index in [0.29, 0.717) is 18.9 Å². The first-order chi connectivity index (χ1) is 12.3. The zero-order chi connectivity index (χ0) is 19.3. The van der Waals surface area contributed by atoms with Gasteiger partial charge >= 0.3 is 5.97 Å². The molecule has 1 aliphatic rings. The van der Waals surface area contributed by atoms with Crippen molar-refractivity contribution in [2.24, 2.45) is 5.92 Å². The molecule has 7 nitrogen and oxygen atoms in total. The van der Waals surface area contributed by atoms with E-state index in [1.807, 2.05) is 24.3 Å².